The van der Waals surface area contributed by atoms with Gasteiger partial charge in [0, 0.05) is 6.04 Å². The molecule has 0 aliphatic heterocycles. The van der Waals surface area contributed by atoms with Crippen molar-refractivity contribution in [1.82, 2.24) is 10.9 Å². The Morgan fingerprint density at radius 3 is 2.56 bits per heavy atom. The molecule has 2 atom stereocenters. The van der Waals surface area contributed by atoms with Crippen molar-refractivity contribution in [2.75, 3.05) is 0 Å². The number of hydrogen-bond donors (Lipinski definition) is 2. The molecular weight excluding hydrogens is 204 g/mol. The highest BCUT2D eigenvalue weighted by Crippen LogP contribution is 2.22. The average Bonchev–Trinajstić information content (AvgIpc) is 2.12. The van der Waals surface area contributed by atoms with Gasteiger partial charge in [-0.3, -0.25) is 5.43 Å². The van der Waals surface area contributed by atoms with Crippen LogP contribution in [0.15, 0.2) is 0 Å². The lowest BCUT2D eigenvalue weighted by atomic mass is 9.87. The number of hydrogen-bond acceptors (Lipinski definition) is 3. The monoisotopic (exact) mass is 228 g/mol. The van der Waals surface area contributed by atoms with Crippen molar-refractivity contribution in [3.05, 3.63) is 0 Å². The van der Waals surface area contributed by atoms with E-state index < -0.39 is 11.7 Å². The van der Waals surface area contributed by atoms with E-state index in [-0.39, 0.29) is 0 Å². The van der Waals surface area contributed by atoms with E-state index in [0.29, 0.717) is 6.04 Å². The van der Waals surface area contributed by atoms with Crippen LogP contribution >= 0.6 is 0 Å². The van der Waals surface area contributed by atoms with Crippen molar-refractivity contribution >= 4 is 6.09 Å². The highest BCUT2D eigenvalue weighted by Gasteiger charge is 2.20. The summed E-state index contributed by atoms with van der Waals surface area (Å²) >= 11 is 0. The summed E-state index contributed by atoms with van der Waals surface area (Å²) in [6.45, 7) is 7.82. The first-order valence-electron chi connectivity index (χ1n) is 6.11. The topological polar surface area (TPSA) is 50.4 Å². The molecule has 0 aromatic carbocycles. The molecule has 0 bridgehead atoms. The summed E-state index contributed by atoms with van der Waals surface area (Å²) in [5.74, 6) is 0.742. The third kappa shape index (κ3) is 5.35. The van der Waals surface area contributed by atoms with Crippen molar-refractivity contribution in [2.45, 2.75) is 65.0 Å². The molecule has 16 heavy (non-hydrogen) atoms. The summed E-state index contributed by atoms with van der Waals surface area (Å²) in [6.07, 6.45) is 4.38. The maximum atomic E-state index is 11.4. The molecule has 1 aliphatic rings. The first-order valence-corrected chi connectivity index (χ1v) is 6.11. The van der Waals surface area contributed by atoms with Crippen LogP contribution in [0.4, 0.5) is 4.79 Å². The molecule has 1 saturated carbocycles. The maximum Gasteiger partial charge on any atom is 0.422 e. The van der Waals surface area contributed by atoms with Gasteiger partial charge in [0.1, 0.15) is 5.60 Å². The van der Waals surface area contributed by atoms with Gasteiger partial charge in [-0.15, -0.1) is 0 Å². The molecule has 0 radical (unpaired) electrons. The van der Waals surface area contributed by atoms with Crippen molar-refractivity contribution in [1.29, 1.82) is 0 Å². The molecule has 0 aromatic heterocycles. The first-order chi connectivity index (χ1) is 7.37. The van der Waals surface area contributed by atoms with Crippen LogP contribution in [0.2, 0.25) is 0 Å². The fourth-order valence-corrected chi connectivity index (χ4v) is 2.03. The summed E-state index contributed by atoms with van der Waals surface area (Å²) in [7, 11) is 0. The maximum absolute atomic E-state index is 11.4. The Labute approximate surface area is 98.1 Å². The van der Waals surface area contributed by atoms with Gasteiger partial charge in [0.15, 0.2) is 0 Å². The largest absolute Gasteiger partial charge is 0.443 e. The van der Waals surface area contributed by atoms with Crippen LogP contribution in [-0.4, -0.2) is 17.7 Å². The minimum absolute atomic E-state index is 0.385. The molecule has 4 heteroatoms. The minimum atomic E-state index is -0.439. The van der Waals surface area contributed by atoms with Crippen LogP contribution in [-0.2, 0) is 4.74 Å². The second-order valence-electron chi connectivity index (χ2n) is 5.74. The smallest absolute Gasteiger partial charge is 0.422 e. The van der Waals surface area contributed by atoms with E-state index in [1.165, 1.54) is 12.8 Å². The van der Waals surface area contributed by atoms with E-state index in [1.807, 2.05) is 20.8 Å². The van der Waals surface area contributed by atoms with Gasteiger partial charge in [0.2, 0.25) is 0 Å². The molecule has 1 aliphatic carbocycles. The summed E-state index contributed by atoms with van der Waals surface area (Å²) in [6, 6.07) is 0.385. The Hall–Kier alpha value is -0.770. The first kappa shape index (κ1) is 13.3. The minimum Gasteiger partial charge on any atom is -0.443 e. The molecule has 1 amide bonds. The van der Waals surface area contributed by atoms with E-state index in [9.17, 15) is 4.79 Å². The zero-order valence-corrected chi connectivity index (χ0v) is 10.8. The Morgan fingerprint density at radius 2 is 2.00 bits per heavy atom. The van der Waals surface area contributed by atoms with Crippen LogP contribution in [0, 0.1) is 5.92 Å². The molecule has 1 fully saturated rings. The van der Waals surface area contributed by atoms with Gasteiger partial charge in [0.05, 0.1) is 0 Å². The second kappa shape index (κ2) is 5.53. The van der Waals surface area contributed by atoms with Crippen molar-refractivity contribution < 1.29 is 9.53 Å². The number of rotatable bonds is 2. The number of carbonyl (C=O) groups is 1. The van der Waals surface area contributed by atoms with Crippen LogP contribution in [0.3, 0.4) is 0 Å². The number of amides is 1. The molecule has 94 valence electrons. The molecule has 0 heterocycles. The average molecular weight is 228 g/mol. The molecule has 4 nitrogen and oxygen atoms in total. The fraction of sp³-hybridized carbons (Fsp3) is 0.917. The molecule has 1 rings (SSSR count). The predicted molar refractivity (Wildman–Crippen MR) is 63.9 cm³/mol. The second-order valence-corrected chi connectivity index (χ2v) is 5.74. The van der Waals surface area contributed by atoms with E-state index in [4.69, 9.17) is 4.74 Å². The predicted octanol–water partition coefficient (Wildman–Crippen LogP) is 2.59. The SMILES string of the molecule is CC1CCCC(NNC(=O)OC(C)(C)C)C1. The van der Waals surface area contributed by atoms with Gasteiger partial charge >= 0.3 is 6.09 Å². The highest BCUT2D eigenvalue weighted by atomic mass is 16.6. The number of ether oxygens (including phenoxy) is 1. The fourth-order valence-electron chi connectivity index (χ4n) is 2.03. The number of carbonyl (C=O) groups excluding carboxylic acids is 1. The van der Waals surface area contributed by atoms with E-state index in [0.717, 1.165) is 18.8 Å². The van der Waals surface area contributed by atoms with E-state index in [1.54, 1.807) is 0 Å². The van der Waals surface area contributed by atoms with Gasteiger partial charge in [0.25, 0.3) is 0 Å². The summed E-state index contributed by atoms with van der Waals surface area (Å²) in [5.41, 5.74) is 5.23. The molecule has 0 aromatic rings. The van der Waals surface area contributed by atoms with Crippen molar-refractivity contribution in [3.8, 4) is 0 Å². The molecule has 0 spiro atoms. The molecule has 0 saturated heterocycles. The lowest BCUT2D eigenvalue weighted by Gasteiger charge is -2.28. The third-order valence-corrected chi connectivity index (χ3v) is 2.71. The Bertz CT molecular complexity index is 236. The summed E-state index contributed by atoms with van der Waals surface area (Å²) in [4.78, 5) is 11.4. The van der Waals surface area contributed by atoms with Gasteiger partial charge in [-0.1, -0.05) is 19.8 Å². The van der Waals surface area contributed by atoms with Gasteiger partial charge in [-0.05, 0) is 39.5 Å². The third-order valence-electron chi connectivity index (χ3n) is 2.71. The quantitative estimate of drug-likeness (QED) is 0.714. The van der Waals surface area contributed by atoms with Gasteiger partial charge in [-0.2, -0.15) is 0 Å². The summed E-state index contributed by atoms with van der Waals surface area (Å²) < 4.78 is 5.14. The van der Waals surface area contributed by atoms with Crippen LogP contribution in [0.25, 0.3) is 0 Å². The molecular formula is C12H24N2O2. The Kier molecular flexibility index (Phi) is 4.59. The number of hydrazine groups is 1. The number of nitrogens with one attached hydrogen (secondary N) is 2. The van der Waals surface area contributed by atoms with Crippen LogP contribution in [0.1, 0.15) is 53.4 Å². The highest BCUT2D eigenvalue weighted by molar-refractivity contribution is 5.67. The normalized spacial score (nSPS) is 26.2. The van der Waals surface area contributed by atoms with Crippen molar-refractivity contribution in [3.63, 3.8) is 0 Å². The van der Waals surface area contributed by atoms with Crippen LogP contribution in [0.5, 0.6) is 0 Å². The Morgan fingerprint density at radius 1 is 1.31 bits per heavy atom. The summed E-state index contributed by atoms with van der Waals surface area (Å²) in [5, 5.41) is 0. The van der Waals surface area contributed by atoms with E-state index >= 15 is 0 Å². The zero-order valence-electron chi connectivity index (χ0n) is 10.8. The van der Waals surface area contributed by atoms with Crippen molar-refractivity contribution in [2.24, 2.45) is 5.92 Å². The van der Waals surface area contributed by atoms with Gasteiger partial charge in [-0.25, -0.2) is 10.2 Å². The lowest BCUT2D eigenvalue weighted by Crippen LogP contribution is -2.47. The Balaban J connectivity index is 2.21. The lowest BCUT2D eigenvalue weighted by molar-refractivity contribution is 0.0479. The molecule has 2 N–H and O–H groups in total. The standard InChI is InChI=1S/C12H24N2O2/c1-9-6-5-7-10(8-9)13-14-11(15)16-12(2,3)4/h9-10,13H,5-8H2,1-4H3,(H,14,15). The van der Waals surface area contributed by atoms with E-state index in [2.05, 4.69) is 17.8 Å². The molecule has 2 unspecified atom stereocenters. The van der Waals surface area contributed by atoms with Gasteiger partial charge < -0.3 is 4.74 Å². The zero-order chi connectivity index (χ0) is 12.2. The van der Waals surface area contributed by atoms with Crippen LogP contribution < -0.4 is 10.9 Å².